The Morgan fingerprint density at radius 2 is 2.06 bits per heavy atom. The number of hydrogen-bond acceptors (Lipinski definition) is 3. The summed E-state index contributed by atoms with van der Waals surface area (Å²) in [7, 11) is 0. The van der Waals surface area contributed by atoms with Crippen molar-refractivity contribution in [3.63, 3.8) is 0 Å². The minimum Gasteiger partial charge on any atom is -0.379 e. The van der Waals surface area contributed by atoms with E-state index in [1.165, 1.54) is 0 Å². The van der Waals surface area contributed by atoms with E-state index in [2.05, 4.69) is 20.8 Å². The maximum atomic E-state index is 12.3. The Balaban J connectivity index is 1.94. The first-order valence-corrected chi connectivity index (χ1v) is 6.51. The fourth-order valence-corrected chi connectivity index (χ4v) is 2.73. The van der Waals surface area contributed by atoms with E-state index >= 15 is 0 Å². The van der Waals surface area contributed by atoms with E-state index < -0.39 is 0 Å². The molecule has 2 N–H and O–H groups in total. The summed E-state index contributed by atoms with van der Waals surface area (Å²) < 4.78 is 5.27. The minimum absolute atomic E-state index is 0.115. The molecule has 0 aliphatic carbocycles. The Morgan fingerprint density at radius 3 is 2.53 bits per heavy atom. The number of hydrogen-bond donors (Lipinski definition) is 1. The highest BCUT2D eigenvalue weighted by atomic mass is 16.5. The standard InChI is InChI=1S/C13H24N2O2/c1-13(2,3)9-4-5-15(6-9)12(16)10-7-17-8-11(10)14/h9-11H,4-8,14H2,1-3H3. The van der Waals surface area contributed by atoms with Gasteiger partial charge in [0.1, 0.15) is 0 Å². The van der Waals surface area contributed by atoms with Gasteiger partial charge in [-0.15, -0.1) is 0 Å². The minimum atomic E-state index is -0.117. The zero-order chi connectivity index (χ0) is 12.6. The zero-order valence-electron chi connectivity index (χ0n) is 11.1. The largest absolute Gasteiger partial charge is 0.379 e. The second kappa shape index (κ2) is 4.58. The molecule has 0 aromatic rings. The van der Waals surface area contributed by atoms with Crippen LogP contribution in [-0.4, -0.2) is 43.2 Å². The molecule has 3 unspecified atom stereocenters. The van der Waals surface area contributed by atoms with Gasteiger partial charge < -0.3 is 15.4 Å². The van der Waals surface area contributed by atoms with Crippen molar-refractivity contribution in [2.45, 2.75) is 33.2 Å². The monoisotopic (exact) mass is 240 g/mol. The van der Waals surface area contributed by atoms with E-state index in [0.717, 1.165) is 19.5 Å². The van der Waals surface area contributed by atoms with Crippen molar-refractivity contribution in [2.24, 2.45) is 23.0 Å². The number of amides is 1. The number of nitrogens with two attached hydrogens (primary N) is 1. The third-order valence-electron chi connectivity index (χ3n) is 4.17. The number of carbonyl (C=O) groups excluding carboxylic acids is 1. The molecule has 0 bridgehead atoms. The highest BCUT2D eigenvalue weighted by Crippen LogP contribution is 2.34. The van der Waals surface area contributed by atoms with Crippen LogP contribution in [0.25, 0.3) is 0 Å². The molecule has 4 nitrogen and oxygen atoms in total. The van der Waals surface area contributed by atoms with E-state index in [-0.39, 0.29) is 23.3 Å². The van der Waals surface area contributed by atoms with Crippen LogP contribution in [0.5, 0.6) is 0 Å². The van der Waals surface area contributed by atoms with Crippen LogP contribution in [0.3, 0.4) is 0 Å². The molecule has 1 amide bonds. The van der Waals surface area contributed by atoms with Crippen molar-refractivity contribution in [1.82, 2.24) is 4.90 Å². The van der Waals surface area contributed by atoms with Crippen molar-refractivity contribution in [3.05, 3.63) is 0 Å². The Morgan fingerprint density at radius 1 is 1.35 bits per heavy atom. The fourth-order valence-electron chi connectivity index (χ4n) is 2.73. The molecule has 2 aliphatic rings. The normalized spacial score (nSPS) is 34.4. The smallest absolute Gasteiger partial charge is 0.229 e. The van der Waals surface area contributed by atoms with Crippen LogP contribution < -0.4 is 5.73 Å². The number of likely N-dealkylation sites (tertiary alicyclic amines) is 1. The lowest BCUT2D eigenvalue weighted by Gasteiger charge is -2.28. The van der Waals surface area contributed by atoms with Gasteiger partial charge in [-0.2, -0.15) is 0 Å². The third-order valence-corrected chi connectivity index (χ3v) is 4.17. The summed E-state index contributed by atoms with van der Waals surface area (Å²) >= 11 is 0. The van der Waals surface area contributed by atoms with Gasteiger partial charge in [-0.25, -0.2) is 0 Å². The Kier molecular flexibility index (Phi) is 3.46. The second-order valence-electron chi connectivity index (χ2n) is 6.44. The van der Waals surface area contributed by atoms with Crippen LogP contribution in [0.2, 0.25) is 0 Å². The van der Waals surface area contributed by atoms with Gasteiger partial charge in [0.15, 0.2) is 0 Å². The lowest BCUT2D eigenvalue weighted by atomic mass is 9.80. The van der Waals surface area contributed by atoms with E-state index in [1.807, 2.05) is 4.90 Å². The van der Waals surface area contributed by atoms with Crippen molar-refractivity contribution >= 4 is 5.91 Å². The molecule has 0 aromatic heterocycles. The molecule has 0 aromatic carbocycles. The average molecular weight is 240 g/mol. The predicted octanol–water partition coefficient (Wildman–Crippen LogP) is 0.855. The average Bonchev–Trinajstić information content (AvgIpc) is 2.83. The molecule has 0 radical (unpaired) electrons. The number of ether oxygens (including phenoxy) is 1. The summed E-state index contributed by atoms with van der Waals surface area (Å²) in [5.41, 5.74) is 6.18. The first-order valence-electron chi connectivity index (χ1n) is 6.51. The van der Waals surface area contributed by atoms with E-state index in [4.69, 9.17) is 10.5 Å². The van der Waals surface area contributed by atoms with Crippen LogP contribution >= 0.6 is 0 Å². The molecular weight excluding hydrogens is 216 g/mol. The molecule has 0 saturated carbocycles. The summed E-state index contributed by atoms with van der Waals surface area (Å²) in [6.07, 6.45) is 1.11. The molecule has 2 saturated heterocycles. The topological polar surface area (TPSA) is 55.6 Å². The van der Waals surface area contributed by atoms with Gasteiger partial charge in [0.05, 0.1) is 19.1 Å². The van der Waals surface area contributed by atoms with Crippen LogP contribution in [0.1, 0.15) is 27.2 Å². The molecule has 98 valence electrons. The van der Waals surface area contributed by atoms with Gasteiger partial charge in [0.25, 0.3) is 0 Å². The quantitative estimate of drug-likeness (QED) is 0.739. The molecular formula is C13H24N2O2. The van der Waals surface area contributed by atoms with Gasteiger partial charge in [-0.05, 0) is 17.8 Å². The molecule has 4 heteroatoms. The fraction of sp³-hybridized carbons (Fsp3) is 0.923. The molecule has 2 aliphatic heterocycles. The SMILES string of the molecule is CC(C)(C)C1CCN(C(=O)C2COCC2N)C1. The first kappa shape index (κ1) is 12.8. The van der Waals surface area contributed by atoms with Crippen LogP contribution in [0.4, 0.5) is 0 Å². The van der Waals surface area contributed by atoms with E-state index in [0.29, 0.717) is 19.1 Å². The van der Waals surface area contributed by atoms with Gasteiger partial charge >= 0.3 is 0 Å². The molecule has 17 heavy (non-hydrogen) atoms. The Labute approximate surface area is 103 Å². The van der Waals surface area contributed by atoms with Gasteiger partial charge in [0, 0.05) is 19.1 Å². The number of rotatable bonds is 1. The summed E-state index contributed by atoms with van der Waals surface area (Å²) in [4.78, 5) is 14.3. The van der Waals surface area contributed by atoms with Crippen molar-refractivity contribution in [1.29, 1.82) is 0 Å². The molecule has 3 atom stereocenters. The lowest BCUT2D eigenvalue weighted by molar-refractivity contribution is -0.134. The highest BCUT2D eigenvalue weighted by Gasteiger charge is 2.39. The van der Waals surface area contributed by atoms with E-state index in [1.54, 1.807) is 0 Å². The highest BCUT2D eigenvalue weighted by molar-refractivity contribution is 5.80. The second-order valence-corrected chi connectivity index (χ2v) is 6.44. The summed E-state index contributed by atoms with van der Waals surface area (Å²) in [6, 6.07) is -0.115. The van der Waals surface area contributed by atoms with Crippen LogP contribution in [0.15, 0.2) is 0 Å². The van der Waals surface area contributed by atoms with Crippen molar-refractivity contribution in [3.8, 4) is 0 Å². The molecule has 2 rings (SSSR count). The Bertz CT molecular complexity index is 298. The summed E-state index contributed by atoms with van der Waals surface area (Å²) in [6.45, 7) is 9.52. The number of nitrogens with zero attached hydrogens (tertiary/aromatic N) is 1. The first-order chi connectivity index (χ1) is 7.89. The number of carbonyl (C=O) groups is 1. The zero-order valence-corrected chi connectivity index (χ0v) is 11.1. The molecule has 2 heterocycles. The maximum absolute atomic E-state index is 12.3. The summed E-state index contributed by atoms with van der Waals surface area (Å²) in [5.74, 6) is 0.681. The van der Waals surface area contributed by atoms with E-state index in [9.17, 15) is 4.79 Å². The van der Waals surface area contributed by atoms with Crippen molar-refractivity contribution in [2.75, 3.05) is 26.3 Å². The van der Waals surface area contributed by atoms with Gasteiger partial charge in [-0.3, -0.25) is 4.79 Å². The third kappa shape index (κ3) is 2.63. The maximum Gasteiger partial charge on any atom is 0.229 e. The van der Waals surface area contributed by atoms with Crippen LogP contribution in [0, 0.1) is 17.3 Å². The van der Waals surface area contributed by atoms with Crippen molar-refractivity contribution < 1.29 is 9.53 Å². The lowest BCUT2D eigenvalue weighted by Crippen LogP contribution is -2.43. The molecule has 2 fully saturated rings. The molecule has 0 spiro atoms. The van der Waals surface area contributed by atoms with Gasteiger partial charge in [0.2, 0.25) is 5.91 Å². The summed E-state index contributed by atoms with van der Waals surface area (Å²) in [5, 5.41) is 0. The van der Waals surface area contributed by atoms with Gasteiger partial charge in [-0.1, -0.05) is 20.8 Å². The van der Waals surface area contributed by atoms with Crippen LogP contribution in [-0.2, 0) is 9.53 Å². The Hall–Kier alpha value is -0.610. The predicted molar refractivity (Wildman–Crippen MR) is 66.4 cm³/mol.